The predicted molar refractivity (Wildman–Crippen MR) is 48.1 cm³/mol. The average Bonchev–Trinajstić information content (AvgIpc) is 2.34. The molecule has 11 heavy (non-hydrogen) atoms. The average molecular weight is 235 g/mol. The number of carbonyl (C=O) groups is 1. The van der Waals surface area contributed by atoms with E-state index < -0.39 is 11.9 Å². The van der Waals surface area contributed by atoms with Crippen LogP contribution in [0.3, 0.4) is 0 Å². The lowest BCUT2D eigenvalue weighted by molar-refractivity contribution is -0.119. The fourth-order valence-corrected chi connectivity index (χ4v) is 2.08. The summed E-state index contributed by atoms with van der Waals surface area (Å²) >= 11 is 4.67. The third-order valence-corrected chi connectivity index (χ3v) is 2.98. The fraction of sp³-hybridized carbons (Fsp3) is 0.167. The Hall–Kier alpha value is -0.390. The molecule has 1 amide bonds. The van der Waals surface area contributed by atoms with Crippen molar-refractivity contribution in [2.45, 2.75) is 6.04 Å². The summed E-state index contributed by atoms with van der Waals surface area (Å²) in [7, 11) is 0. The minimum atomic E-state index is -0.675. The van der Waals surface area contributed by atoms with Gasteiger partial charge in [-0.05, 0) is 22.0 Å². The lowest BCUT2D eigenvalue weighted by Gasteiger charge is -2.01. The van der Waals surface area contributed by atoms with Gasteiger partial charge in [0, 0.05) is 14.7 Å². The van der Waals surface area contributed by atoms with Gasteiger partial charge in [-0.2, -0.15) is 0 Å². The SMILES string of the molecule is NC(=O)[C@@H](N)c1cc(Br)cs1. The van der Waals surface area contributed by atoms with Crippen LogP contribution >= 0.6 is 27.3 Å². The molecule has 1 aromatic heterocycles. The predicted octanol–water partition coefficient (Wildman–Crippen LogP) is 0.996. The molecule has 0 fully saturated rings. The first-order valence-corrected chi connectivity index (χ1v) is 4.57. The van der Waals surface area contributed by atoms with Crippen LogP contribution in [0, 0.1) is 0 Å². The molecule has 0 saturated carbocycles. The van der Waals surface area contributed by atoms with Gasteiger partial charge in [0.05, 0.1) is 0 Å². The van der Waals surface area contributed by atoms with E-state index in [-0.39, 0.29) is 0 Å². The zero-order valence-electron chi connectivity index (χ0n) is 5.58. The zero-order chi connectivity index (χ0) is 8.43. The molecule has 0 aliphatic heterocycles. The summed E-state index contributed by atoms with van der Waals surface area (Å²) in [5, 5.41) is 1.86. The highest BCUT2D eigenvalue weighted by Gasteiger charge is 2.13. The van der Waals surface area contributed by atoms with Crippen molar-refractivity contribution in [3.63, 3.8) is 0 Å². The summed E-state index contributed by atoms with van der Waals surface area (Å²) in [5.74, 6) is -0.501. The van der Waals surface area contributed by atoms with Crippen LogP contribution in [-0.4, -0.2) is 5.91 Å². The van der Waals surface area contributed by atoms with Crippen LogP contribution in [0.15, 0.2) is 15.9 Å². The monoisotopic (exact) mass is 234 g/mol. The largest absolute Gasteiger partial charge is 0.368 e. The Morgan fingerprint density at radius 2 is 2.36 bits per heavy atom. The number of amides is 1. The van der Waals surface area contributed by atoms with Gasteiger partial charge in [0.25, 0.3) is 0 Å². The smallest absolute Gasteiger partial charge is 0.239 e. The molecule has 0 saturated heterocycles. The van der Waals surface area contributed by atoms with Crippen molar-refractivity contribution < 1.29 is 4.79 Å². The van der Waals surface area contributed by atoms with E-state index in [1.165, 1.54) is 11.3 Å². The standard InChI is InChI=1S/C6H7BrN2OS/c7-3-1-4(11-2-3)5(8)6(9)10/h1-2,5H,8H2,(H2,9,10)/t5-/m0/s1. The number of hydrogen-bond acceptors (Lipinski definition) is 3. The third-order valence-electron chi connectivity index (χ3n) is 1.20. The molecule has 60 valence electrons. The second-order valence-electron chi connectivity index (χ2n) is 2.05. The molecule has 0 aromatic carbocycles. The lowest BCUT2D eigenvalue weighted by Crippen LogP contribution is -2.27. The molecule has 0 spiro atoms. The van der Waals surface area contributed by atoms with Crippen molar-refractivity contribution in [3.8, 4) is 0 Å². The van der Waals surface area contributed by atoms with Crippen LogP contribution in [-0.2, 0) is 4.79 Å². The van der Waals surface area contributed by atoms with E-state index in [1.807, 2.05) is 5.38 Å². The molecule has 1 aromatic rings. The number of primary amides is 1. The molecule has 0 unspecified atom stereocenters. The number of thiophene rings is 1. The van der Waals surface area contributed by atoms with Crippen LogP contribution in [0.5, 0.6) is 0 Å². The highest BCUT2D eigenvalue weighted by Crippen LogP contribution is 2.23. The van der Waals surface area contributed by atoms with Gasteiger partial charge in [-0.25, -0.2) is 0 Å². The Kier molecular flexibility index (Phi) is 2.64. The first-order chi connectivity index (χ1) is 5.11. The Labute approximate surface area is 76.5 Å². The highest BCUT2D eigenvalue weighted by atomic mass is 79.9. The van der Waals surface area contributed by atoms with Crippen molar-refractivity contribution in [2.75, 3.05) is 0 Å². The number of rotatable bonds is 2. The maximum absolute atomic E-state index is 10.6. The molecule has 5 heteroatoms. The molecule has 1 heterocycles. The lowest BCUT2D eigenvalue weighted by atomic mass is 10.2. The fourth-order valence-electron chi connectivity index (χ4n) is 0.632. The second-order valence-corrected chi connectivity index (χ2v) is 3.91. The molecule has 4 N–H and O–H groups in total. The van der Waals surface area contributed by atoms with E-state index in [0.29, 0.717) is 0 Å². The van der Waals surface area contributed by atoms with E-state index in [2.05, 4.69) is 15.9 Å². The third kappa shape index (κ3) is 2.02. The van der Waals surface area contributed by atoms with Crippen LogP contribution in [0.25, 0.3) is 0 Å². The van der Waals surface area contributed by atoms with Gasteiger partial charge >= 0.3 is 0 Å². The van der Waals surface area contributed by atoms with E-state index in [0.717, 1.165) is 9.35 Å². The van der Waals surface area contributed by atoms with E-state index in [4.69, 9.17) is 11.5 Å². The topological polar surface area (TPSA) is 69.1 Å². The van der Waals surface area contributed by atoms with Gasteiger partial charge in [0.15, 0.2) is 0 Å². The molecular weight excluding hydrogens is 228 g/mol. The molecule has 0 bridgehead atoms. The minimum Gasteiger partial charge on any atom is -0.368 e. The molecule has 1 atom stereocenters. The van der Waals surface area contributed by atoms with Gasteiger partial charge < -0.3 is 11.5 Å². The van der Waals surface area contributed by atoms with E-state index >= 15 is 0 Å². The van der Waals surface area contributed by atoms with E-state index in [1.54, 1.807) is 6.07 Å². The van der Waals surface area contributed by atoms with Crippen LogP contribution in [0.4, 0.5) is 0 Å². The highest BCUT2D eigenvalue weighted by molar-refractivity contribution is 9.10. The quantitative estimate of drug-likeness (QED) is 0.802. The maximum Gasteiger partial charge on any atom is 0.239 e. The van der Waals surface area contributed by atoms with Gasteiger partial charge in [0.2, 0.25) is 5.91 Å². The summed E-state index contributed by atoms with van der Waals surface area (Å²) in [5.41, 5.74) is 10.5. The molecular formula is C6H7BrN2OS. The first-order valence-electron chi connectivity index (χ1n) is 2.90. The van der Waals surface area contributed by atoms with Gasteiger partial charge in [-0.1, -0.05) is 0 Å². The summed E-state index contributed by atoms with van der Waals surface area (Å²) in [6, 6.07) is 1.12. The van der Waals surface area contributed by atoms with Crippen molar-refractivity contribution >= 4 is 33.2 Å². The molecule has 0 aliphatic rings. The molecule has 1 rings (SSSR count). The van der Waals surface area contributed by atoms with Crippen LogP contribution in [0.2, 0.25) is 0 Å². The van der Waals surface area contributed by atoms with Crippen molar-refractivity contribution in [2.24, 2.45) is 11.5 Å². The van der Waals surface area contributed by atoms with Gasteiger partial charge in [-0.3, -0.25) is 4.79 Å². The van der Waals surface area contributed by atoms with Crippen LogP contribution in [0.1, 0.15) is 10.9 Å². The van der Waals surface area contributed by atoms with E-state index in [9.17, 15) is 4.79 Å². The minimum absolute atomic E-state index is 0.501. The first kappa shape index (κ1) is 8.70. The summed E-state index contributed by atoms with van der Waals surface area (Å²) in [6.07, 6.45) is 0. The molecule has 0 radical (unpaired) electrons. The van der Waals surface area contributed by atoms with Gasteiger partial charge in [-0.15, -0.1) is 11.3 Å². The summed E-state index contributed by atoms with van der Waals surface area (Å²) < 4.78 is 0.925. The molecule has 0 aliphatic carbocycles. The Morgan fingerprint density at radius 3 is 2.73 bits per heavy atom. The Balaban J connectivity index is 2.84. The zero-order valence-corrected chi connectivity index (χ0v) is 7.98. The number of nitrogens with two attached hydrogens (primary N) is 2. The second kappa shape index (κ2) is 3.34. The normalized spacial score (nSPS) is 12.9. The Morgan fingerprint density at radius 1 is 1.73 bits per heavy atom. The van der Waals surface area contributed by atoms with Crippen molar-refractivity contribution in [1.29, 1.82) is 0 Å². The summed E-state index contributed by atoms with van der Waals surface area (Å²) in [6.45, 7) is 0. The van der Waals surface area contributed by atoms with Gasteiger partial charge in [0.1, 0.15) is 6.04 Å². The Bertz CT molecular complexity index is 273. The van der Waals surface area contributed by atoms with Crippen molar-refractivity contribution in [1.82, 2.24) is 0 Å². The maximum atomic E-state index is 10.6. The number of halogens is 1. The van der Waals surface area contributed by atoms with Crippen molar-refractivity contribution in [3.05, 3.63) is 20.8 Å². The molecule has 3 nitrogen and oxygen atoms in total. The number of hydrogen-bond donors (Lipinski definition) is 2. The number of carbonyl (C=O) groups excluding carboxylic acids is 1. The van der Waals surface area contributed by atoms with Crippen LogP contribution < -0.4 is 11.5 Å². The summed E-state index contributed by atoms with van der Waals surface area (Å²) in [4.78, 5) is 11.4.